The SMILES string of the molecule is CNC(=O)c1cccc(CCNc2ncnc3[nH]ncc23)c1. The van der Waals surface area contributed by atoms with Crippen LogP contribution >= 0.6 is 0 Å². The van der Waals surface area contributed by atoms with Crippen LogP contribution in [0.3, 0.4) is 0 Å². The molecule has 0 aliphatic rings. The zero-order valence-electron chi connectivity index (χ0n) is 12.1. The van der Waals surface area contributed by atoms with Gasteiger partial charge in [0.1, 0.15) is 12.1 Å². The molecule has 1 aromatic carbocycles. The van der Waals surface area contributed by atoms with Crippen molar-refractivity contribution in [3.8, 4) is 0 Å². The smallest absolute Gasteiger partial charge is 0.251 e. The second-order valence-corrected chi connectivity index (χ2v) is 4.81. The van der Waals surface area contributed by atoms with Crippen LogP contribution in [0, 0.1) is 0 Å². The van der Waals surface area contributed by atoms with Crippen LogP contribution in [0.4, 0.5) is 5.82 Å². The number of amides is 1. The maximum Gasteiger partial charge on any atom is 0.251 e. The molecule has 7 nitrogen and oxygen atoms in total. The van der Waals surface area contributed by atoms with Crippen LogP contribution in [0.25, 0.3) is 11.0 Å². The first kappa shape index (κ1) is 14.0. The van der Waals surface area contributed by atoms with E-state index in [2.05, 4.69) is 30.8 Å². The number of hydrogen-bond donors (Lipinski definition) is 3. The van der Waals surface area contributed by atoms with Crippen LogP contribution in [-0.2, 0) is 6.42 Å². The molecule has 0 radical (unpaired) electrons. The van der Waals surface area contributed by atoms with Crippen molar-refractivity contribution >= 4 is 22.8 Å². The summed E-state index contributed by atoms with van der Waals surface area (Å²) in [7, 11) is 1.63. The summed E-state index contributed by atoms with van der Waals surface area (Å²) < 4.78 is 0. The van der Waals surface area contributed by atoms with Crippen LogP contribution in [0.1, 0.15) is 15.9 Å². The van der Waals surface area contributed by atoms with Gasteiger partial charge in [-0.3, -0.25) is 9.89 Å². The molecular formula is C15H16N6O. The number of nitrogens with one attached hydrogen (secondary N) is 3. The lowest BCUT2D eigenvalue weighted by Crippen LogP contribution is -2.18. The predicted molar refractivity (Wildman–Crippen MR) is 83.7 cm³/mol. The van der Waals surface area contributed by atoms with Gasteiger partial charge in [-0.2, -0.15) is 5.10 Å². The summed E-state index contributed by atoms with van der Waals surface area (Å²) in [4.78, 5) is 19.9. The standard InChI is InChI=1S/C15H16N6O/c1-16-15(22)11-4-2-3-10(7-11)5-6-17-13-12-8-20-21-14(12)19-9-18-13/h2-4,7-9H,5-6H2,1H3,(H,16,22)(H2,17,18,19,20,21). The Morgan fingerprint density at radius 3 is 3.09 bits per heavy atom. The van der Waals surface area contributed by atoms with Crippen LogP contribution in [0.5, 0.6) is 0 Å². The van der Waals surface area contributed by atoms with E-state index in [1.807, 2.05) is 18.2 Å². The van der Waals surface area contributed by atoms with E-state index in [0.717, 1.165) is 23.2 Å². The molecular weight excluding hydrogens is 280 g/mol. The molecule has 0 saturated heterocycles. The van der Waals surface area contributed by atoms with Gasteiger partial charge in [0.25, 0.3) is 5.91 Å². The van der Waals surface area contributed by atoms with Crippen molar-refractivity contribution < 1.29 is 4.79 Å². The van der Waals surface area contributed by atoms with Gasteiger partial charge >= 0.3 is 0 Å². The Labute approximate surface area is 127 Å². The quantitative estimate of drug-likeness (QED) is 0.661. The largest absolute Gasteiger partial charge is 0.369 e. The molecule has 1 amide bonds. The van der Waals surface area contributed by atoms with E-state index >= 15 is 0 Å². The number of anilines is 1. The van der Waals surface area contributed by atoms with Crippen molar-refractivity contribution in [3.05, 3.63) is 47.9 Å². The normalized spacial score (nSPS) is 10.6. The van der Waals surface area contributed by atoms with E-state index in [0.29, 0.717) is 17.8 Å². The molecule has 0 aliphatic heterocycles. The van der Waals surface area contributed by atoms with Crippen molar-refractivity contribution in [1.29, 1.82) is 0 Å². The Balaban J connectivity index is 1.66. The summed E-state index contributed by atoms with van der Waals surface area (Å²) in [5.74, 6) is 0.673. The van der Waals surface area contributed by atoms with Gasteiger partial charge in [-0.25, -0.2) is 9.97 Å². The molecule has 7 heteroatoms. The first-order chi connectivity index (χ1) is 10.8. The maximum atomic E-state index is 11.6. The Morgan fingerprint density at radius 1 is 1.32 bits per heavy atom. The lowest BCUT2D eigenvalue weighted by atomic mass is 10.1. The highest BCUT2D eigenvalue weighted by Crippen LogP contribution is 2.16. The zero-order chi connectivity index (χ0) is 15.4. The Morgan fingerprint density at radius 2 is 2.23 bits per heavy atom. The molecule has 2 heterocycles. The summed E-state index contributed by atoms with van der Waals surface area (Å²) in [6, 6.07) is 7.59. The molecule has 3 rings (SSSR count). The van der Waals surface area contributed by atoms with Crippen molar-refractivity contribution in [1.82, 2.24) is 25.5 Å². The van der Waals surface area contributed by atoms with E-state index in [4.69, 9.17) is 0 Å². The molecule has 0 aliphatic carbocycles. The molecule has 0 fully saturated rings. The Hall–Kier alpha value is -2.96. The fourth-order valence-corrected chi connectivity index (χ4v) is 2.24. The van der Waals surface area contributed by atoms with Crippen molar-refractivity contribution in [2.45, 2.75) is 6.42 Å². The highest BCUT2D eigenvalue weighted by atomic mass is 16.1. The molecule has 3 aromatic rings. The molecule has 2 aromatic heterocycles. The Bertz CT molecular complexity index is 797. The second-order valence-electron chi connectivity index (χ2n) is 4.81. The molecule has 0 atom stereocenters. The summed E-state index contributed by atoms with van der Waals surface area (Å²) in [6.45, 7) is 0.703. The van der Waals surface area contributed by atoms with Crippen LogP contribution in [0.2, 0.25) is 0 Å². The van der Waals surface area contributed by atoms with Gasteiger partial charge in [0.2, 0.25) is 0 Å². The fraction of sp³-hybridized carbons (Fsp3) is 0.200. The summed E-state index contributed by atoms with van der Waals surface area (Å²) in [5, 5.41) is 13.5. The van der Waals surface area contributed by atoms with Gasteiger partial charge in [0.15, 0.2) is 5.65 Å². The molecule has 3 N–H and O–H groups in total. The highest BCUT2D eigenvalue weighted by molar-refractivity contribution is 5.94. The first-order valence-corrected chi connectivity index (χ1v) is 6.97. The van der Waals surface area contributed by atoms with Gasteiger partial charge in [-0.1, -0.05) is 12.1 Å². The minimum absolute atomic E-state index is 0.0780. The summed E-state index contributed by atoms with van der Waals surface area (Å²) >= 11 is 0. The maximum absolute atomic E-state index is 11.6. The van der Waals surface area contributed by atoms with E-state index in [9.17, 15) is 4.79 Å². The fourth-order valence-electron chi connectivity index (χ4n) is 2.24. The van der Waals surface area contributed by atoms with Crippen molar-refractivity contribution in [2.24, 2.45) is 0 Å². The average molecular weight is 296 g/mol. The highest BCUT2D eigenvalue weighted by Gasteiger charge is 2.06. The number of aromatic amines is 1. The molecule has 0 saturated carbocycles. The lowest BCUT2D eigenvalue weighted by molar-refractivity contribution is 0.0963. The number of hydrogen-bond acceptors (Lipinski definition) is 5. The van der Waals surface area contributed by atoms with E-state index in [1.165, 1.54) is 6.33 Å². The molecule has 0 spiro atoms. The number of rotatable bonds is 5. The third-order valence-corrected chi connectivity index (χ3v) is 3.37. The number of carbonyl (C=O) groups is 1. The minimum Gasteiger partial charge on any atom is -0.369 e. The molecule has 0 unspecified atom stereocenters. The van der Waals surface area contributed by atoms with Crippen LogP contribution < -0.4 is 10.6 Å². The molecule has 22 heavy (non-hydrogen) atoms. The topological polar surface area (TPSA) is 95.6 Å². The lowest BCUT2D eigenvalue weighted by Gasteiger charge is -2.07. The third kappa shape index (κ3) is 2.88. The van der Waals surface area contributed by atoms with Gasteiger partial charge in [0.05, 0.1) is 11.6 Å². The van der Waals surface area contributed by atoms with E-state index < -0.39 is 0 Å². The monoisotopic (exact) mass is 296 g/mol. The van der Waals surface area contributed by atoms with E-state index in [-0.39, 0.29) is 5.91 Å². The van der Waals surface area contributed by atoms with Crippen molar-refractivity contribution in [2.75, 3.05) is 18.9 Å². The zero-order valence-corrected chi connectivity index (χ0v) is 12.1. The number of H-pyrrole nitrogens is 1. The number of aromatic nitrogens is 4. The number of nitrogens with zero attached hydrogens (tertiary/aromatic N) is 3. The second kappa shape index (κ2) is 6.21. The van der Waals surface area contributed by atoms with Gasteiger partial charge in [-0.05, 0) is 24.1 Å². The van der Waals surface area contributed by atoms with E-state index in [1.54, 1.807) is 19.3 Å². The van der Waals surface area contributed by atoms with Crippen molar-refractivity contribution in [3.63, 3.8) is 0 Å². The average Bonchev–Trinajstić information content (AvgIpc) is 3.04. The third-order valence-electron chi connectivity index (χ3n) is 3.37. The Kier molecular flexibility index (Phi) is 3.95. The molecule has 112 valence electrons. The van der Waals surface area contributed by atoms with Crippen LogP contribution in [-0.4, -0.2) is 39.7 Å². The predicted octanol–water partition coefficient (Wildman–Crippen LogP) is 1.37. The first-order valence-electron chi connectivity index (χ1n) is 6.97. The van der Waals surface area contributed by atoms with Gasteiger partial charge in [-0.15, -0.1) is 0 Å². The van der Waals surface area contributed by atoms with Crippen LogP contribution in [0.15, 0.2) is 36.8 Å². The molecule has 0 bridgehead atoms. The minimum atomic E-state index is -0.0780. The van der Waals surface area contributed by atoms with Gasteiger partial charge < -0.3 is 10.6 Å². The number of benzene rings is 1. The van der Waals surface area contributed by atoms with Gasteiger partial charge in [0, 0.05) is 19.2 Å². The summed E-state index contributed by atoms with van der Waals surface area (Å²) in [6.07, 6.45) is 3.98. The number of carbonyl (C=O) groups excluding carboxylic acids is 1. The summed E-state index contributed by atoms with van der Waals surface area (Å²) in [5.41, 5.74) is 2.46. The number of fused-ring (bicyclic) bond motifs is 1.